The topological polar surface area (TPSA) is 31.4 Å². The van der Waals surface area contributed by atoms with Crippen LogP contribution in [0.4, 0.5) is 0 Å². The van der Waals surface area contributed by atoms with Gasteiger partial charge in [-0.2, -0.15) is 0 Å². The van der Waals surface area contributed by atoms with Crippen LogP contribution in [0.1, 0.15) is 0 Å². The van der Waals surface area contributed by atoms with Gasteiger partial charge < -0.3 is 9.47 Å². The number of methoxy groups -OCH3 is 2. The van der Waals surface area contributed by atoms with Gasteiger partial charge >= 0.3 is 0 Å². The first-order valence-electron chi connectivity index (χ1n) is 15.4. The molecule has 8 aromatic rings. The van der Waals surface area contributed by atoms with Crippen molar-refractivity contribution < 1.29 is 9.47 Å². The molecule has 8 rings (SSSR count). The van der Waals surface area contributed by atoms with Gasteiger partial charge in [0.05, 0.1) is 19.9 Å². The Hall–Kier alpha value is -5.93. The number of hydrogen-bond acceptors (Lipinski definition) is 3. The van der Waals surface area contributed by atoms with Crippen molar-refractivity contribution in [1.29, 1.82) is 0 Å². The fourth-order valence-electron chi connectivity index (χ4n) is 6.68. The lowest BCUT2D eigenvalue weighted by Crippen LogP contribution is -1.94. The molecule has 0 amide bonds. The summed E-state index contributed by atoms with van der Waals surface area (Å²) < 4.78 is 11.3. The summed E-state index contributed by atoms with van der Waals surface area (Å²) in [6.45, 7) is 0. The molecule has 0 N–H and O–H groups in total. The van der Waals surface area contributed by atoms with Crippen molar-refractivity contribution in [2.24, 2.45) is 0 Å². The second kappa shape index (κ2) is 11.5. The van der Waals surface area contributed by atoms with Crippen LogP contribution in [0, 0.1) is 0 Å². The first-order chi connectivity index (χ1) is 22.7. The van der Waals surface area contributed by atoms with E-state index in [0.29, 0.717) is 0 Å². The molecule has 3 heteroatoms. The Morgan fingerprint density at radius 3 is 1.54 bits per heavy atom. The molecule has 0 bridgehead atoms. The summed E-state index contributed by atoms with van der Waals surface area (Å²) >= 11 is 0. The van der Waals surface area contributed by atoms with E-state index in [9.17, 15) is 0 Å². The van der Waals surface area contributed by atoms with Crippen molar-refractivity contribution in [3.8, 4) is 56.1 Å². The molecule has 0 aliphatic rings. The third-order valence-corrected chi connectivity index (χ3v) is 8.91. The second-order valence-corrected chi connectivity index (χ2v) is 11.5. The van der Waals surface area contributed by atoms with Gasteiger partial charge in [0, 0.05) is 23.4 Å². The summed E-state index contributed by atoms with van der Waals surface area (Å²) in [5, 5.41) is 7.54. The van der Waals surface area contributed by atoms with Gasteiger partial charge in [0.2, 0.25) is 0 Å². The summed E-state index contributed by atoms with van der Waals surface area (Å²) in [6.07, 6.45) is 2.02. The quantitative estimate of drug-likeness (QED) is 0.180. The highest BCUT2D eigenvalue weighted by Gasteiger charge is 2.17. The Morgan fingerprint density at radius 2 is 0.913 bits per heavy atom. The molecule has 3 nitrogen and oxygen atoms in total. The fourth-order valence-corrected chi connectivity index (χ4v) is 6.68. The van der Waals surface area contributed by atoms with Crippen molar-refractivity contribution in [2.75, 3.05) is 14.2 Å². The number of aromatic nitrogens is 1. The van der Waals surface area contributed by atoms with Crippen LogP contribution >= 0.6 is 0 Å². The van der Waals surface area contributed by atoms with Crippen LogP contribution in [-0.2, 0) is 0 Å². The summed E-state index contributed by atoms with van der Waals surface area (Å²) in [5.74, 6) is 1.49. The lowest BCUT2D eigenvalue weighted by atomic mass is 9.87. The summed E-state index contributed by atoms with van der Waals surface area (Å²) in [6, 6.07) is 51.4. The van der Waals surface area contributed by atoms with Gasteiger partial charge in [-0.05, 0) is 84.4 Å². The molecular weight excluding hydrogens is 562 g/mol. The monoisotopic (exact) mass is 593 g/mol. The maximum absolute atomic E-state index is 5.64. The van der Waals surface area contributed by atoms with Gasteiger partial charge in [0.25, 0.3) is 0 Å². The van der Waals surface area contributed by atoms with E-state index in [1.807, 2.05) is 18.3 Å². The molecule has 7 aromatic carbocycles. The highest BCUT2D eigenvalue weighted by atomic mass is 16.5. The van der Waals surface area contributed by atoms with E-state index in [-0.39, 0.29) is 0 Å². The van der Waals surface area contributed by atoms with Crippen molar-refractivity contribution in [1.82, 2.24) is 4.98 Å². The molecule has 0 saturated carbocycles. The van der Waals surface area contributed by atoms with E-state index < -0.39 is 0 Å². The average molecular weight is 594 g/mol. The van der Waals surface area contributed by atoms with Gasteiger partial charge in [0.15, 0.2) is 0 Å². The van der Waals surface area contributed by atoms with Gasteiger partial charge in [-0.25, -0.2) is 0 Å². The van der Waals surface area contributed by atoms with E-state index in [2.05, 4.69) is 133 Å². The molecule has 0 unspecified atom stereocenters. The van der Waals surface area contributed by atoms with Crippen LogP contribution < -0.4 is 9.47 Å². The maximum atomic E-state index is 5.64. The van der Waals surface area contributed by atoms with Crippen LogP contribution in [0.15, 0.2) is 152 Å². The van der Waals surface area contributed by atoms with Crippen LogP contribution in [0.2, 0.25) is 0 Å². The Kier molecular flexibility index (Phi) is 6.92. The van der Waals surface area contributed by atoms with Crippen molar-refractivity contribution in [2.45, 2.75) is 0 Å². The predicted molar refractivity (Wildman–Crippen MR) is 192 cm³/mol. The minimum absolute atomic E-state index is 0.746. The van der Waals surface area contributed by atoms with Crippen LogP contribution in [0.3, 0.4) is 0 Å². The first-order valence-corrected chi connectivity index (χ1v) is 15.4. The van der Waals surface area contributed by atoms with Crippen LogP contribution in [0.5, 0.6) is 11.5 Å². The van der Waals surface area contributed by atoms with E-state index in [0.717, 1.165) is 56.1 Å². The first kappa shape index (κ1) is 27.6. The third-order valence-electron chi connectivity index (χ3n) is 8.91. The number of ether oxygens (including phenoxy) is 2. The number of benzene rings is 7. The summed E-state index contributed by atoms with van der Waals surface area (Å²) in [4.78, 5) is 5.02. The molecule has 0 aliphatic heterocycles. The maximum Gasteiger partial charge on any atom is 0.123 e. The number of nitrogens with zero attached hydrogens (tertiary/aromatic N) is 1. The molecule has 0 saturated heterocycles. The standard InChI is InChI=1S/C43H31NO2/c1-45-31-22-30(23-32(25-31)46-2)33-14-6-7-15-34(33)42-27-44-43(28-12-4-3-5-13-28)26-40(42)29-20-21-39-37-18-9-8-16-35(37)36-17-10-11-19-38(36)41(39)24-29/h3-27H,1-2H3. The number of hydrogen-bond donors (Lipinski definition) is 0. The zero-order chi connectivity index (χ0) is 31.0. The van der Waals surface area contributed by atoms with Crippen LogP contribution in [-0.4, -0.2) is 19.2 Å². The third kappa shape index (κ3) is 4.74. The minimum Gasteiger partial charge on any atom is -0.497 e. The van der Waals surface area contributed by atoms with E-state index in [1.54, 1.807) is 14.2 Å². The van der Waals surface area contributed by atoms with E-state index in [1.165, 1.54) is 32.3 Å². The predicted octanol–water partition coefficient (Wildman–Crippen LogP) is 11.2. The highest BCUT2D eigenvalue weighted by molar-refractivity contribution is 6.25. The zero-order valence-corrected chi connectivity index (χ0v) is 25.7. The number of pyridine rings is 1. The lowest BCUT2D eigenvalue weighted by molar-refractivity contribution is 0.394. The minimum atomic E-state index is 0.746. The molecule has 0 atom stereocenters. The molecular formula is C43H31NO2. The van der Waals surface area contributed by atoms with Gasteiger partial charge in [-0.3, -0.25) is 4.98 Å². The van der Waals surface area contributed by atoms with E-state index >= 15 is 0 Å². The van der Waals surface area contributed by atoms with Gasteiger partial charge in [0.1, 0.15) is 11.5 Å². The molecule has 0 aliphatic carbocycles. The highest BCUT2D eigenvalue weighted by Crippen LogP contribution is 2.43. The lowest BCUT2D eigenvalue weighted by Gasteiger charge is -2.18. The van der Waals surface area contributed by atoms with Crippen LogP contribution in [0.25, 0.3) is 77.0 Å². The Bertz CT molecular complexity index is 2340. The molecule has 220 valence electrons. The number of rotatable bonds is 6. The number of fused-ring (bicyclic) bond motifs is 6. The Morgan fingerprint density at radius 1 is 0.370 bits per heavy atom. The Labute approximate surface area is 268 Å². The fraction of sp³-hybridized carbons (Fsp3) is 0.0465. The summed E-state index contributed by atoms with van der Waals surface area (Å²) in [7, 11) is 3.36. The zero-order valence-electron chi connectivity index (χ0n) is 25.7. The van der Waals surface area contributed by atoms with Crippen molar-refractivity contribution in [3.63, 3.8) is 0 Å². The average Bonchev–Trinajstić information content (AvgIpc) is 3.14. The van der Waals surface area contributed by atoms with Crippen molar-refractivity contribution in [3.05, 3.63) is 152 Å². The molecule has 0 fully saturated rings. The normalized spacial score (nSPS) is 11.3. The smallest absolute Gasteiger partial charge is 0.123 e. The molecule has 0 spiro atoms. The van der Waals surface area contributed by atoms with Crippen molar-refractivity contribution >= 4 is 32.3 Å². The van der Waals surface area contributed by atoms with Gasteiger partial charge in [-0.15, -0.1) is 0 Å². The Balaban J connectivity index is 1.41. The second-order valence-electron chi connectivity index (χ2n) is 11.5. The van der Waals surface area contributed by atoms with Gasteiger partial charge in [-0.1, -0.05) is 115 Å². The molecule has 1 heterocycles. The molecule has 46 heavy (non-hydrogen) atoms. The molecule has 1 aromatic heterocycles. The molecule has 0 radical (unpaired) electrons. The SMILES string of the molecule is COc1cc(OC)cc(-c2ccccc2-c2cnc(-c3ccccc3)cc2-c2ccc3c4ccccc4c4ccccc4c3c2)c1. The van der Waals surface area contributed by atoms with E-state index in [4.69, 9.17) is 14.5 Å². The summed E-state index contributed by atoms with van der Waals surface area (Å²) in [5.41, 5.74) is 8.51. The largest absolute Gasteiger partial charge is 0.497 e.